The topological polar surface area (TPSA) is 96.7 Å². The fourth-order valence-electron chi connectivity index (χ4n) is 1.41. The zero-order valence-electron chi connectivity index (χ0n) is 11.8. The summed E-state index contributed by atoms with van der Waals surface area (Å²) in [4.78, 5) is 2.20. The Labute approximate surface area is 120 Å². The van der Waals surface area contributed by atoms with Crippen molar-refractivity contribution in [2.24, 2.45) is 5.84 Å². The molecule has 0 spiro atoms. The maximum Gasteiger partial charge on any atom is 0.240 e. The van der Waals surface area contributed by atoms with Crippen molar-refractivity contribution in [3.8, 4) is 0 Å². The monoisotopic (exact) mass is 302 g/mol. The first-order chi connectivity index (χ1) is 9.45. The molecule has 0 aliphatic rings. The predicted octanol–water partition coefficient (Wildman–Crippen LogP) is -0.171. The van der Waals surface area contributed by atoms with Gasteiger partial charge in [-0.2, -0.15) is 0 Å². The molecule has 1 rings (SSSR count). The van der Waals surface area contributed by atoms with E-state index < -0.39 is 10.0 Å². The molecule has 20 heavy (non-hydrogen) atoms. The Morgan fingerprint density at radius 1 is 1.20 bits per heavy atom. The third-order valence-electron chi connectivity index (χ3n) is 2.55. The average molecular weight is 302 g/mol. The highest BCUT2D eigenvalue weighted by Gasteiger charge is 2.12. The minimum absolute atomic E-state index is 0.199. The van der Waals surface area contributed by atoms with Crippen molar-refractivity contribution >= 4 is 15.7 Å². The largest absolute Gasteiger partial charge is 0.379 e. The van der Waals surface area contributed by atoms with E-state index in [1.165, 1.54) is 12.1 Å². The minimum Gasteiger partial charge on any atom is -0.379 e. The van der Waals surface area contributed by atoms with E-state index in [4.69, 9.17) is 10.6 Å². The van der Waals surface area contributed by atoms with Gasteiger partial charge in [0.15, 0.2) is 0 Å². The lowest BCUT2D eigenvalue weighted by Crippen LogP contribution is -2.28. The van der Waals surface area contributed by atoms with Gasteiger partial charge in [0, 0.05) is 18.8 Å². The van der Waals surface area contributed by atoms with Crippen LogP contribution in [0, 0.1) is 0 Å². The van der Waals surface area contributed by atoms with Gasteiger partial charge in [-0.05, 0) is 38.4 Å². The van der Waals surface area contributed by atoms with Gasteiger partial charge >= 0.3 is 0 Å². The molecule has 0 saturated heterocycles. The number of ether oxygens (including phenoxy) is 1. The highest BCUT2D eigenvalue weighted by molar-refractivity contribution is 7.89. The molecule has 8 heteroatoms. The third-order valence-corrected chi connectivity index (χ3v) is 4.03. The number of hydrogen-bond acceptors (Lipinski definition) is 6. The summed E-state index contributed by atoms with van der Waals surface area (Å²) in [5.74, 6) is 5.22. The number of hydrazine groups is 1. The summed E-state index contributed by atoms with van der Waals surface area (Å²) < 4.78 is 31.7. The Kier molecular flexibility index (Phi) is 6.89. The minimum atomic E-state index is -3.50. The number of nitrogens with one attached hydrogen (secondary N) is 2. The summed E-state index contributed by atoms with van der Waals surface area (Å²) >= 11 is 0. The van der Waals surface area contributed by atoms with Crippen LogP contribution in [0.4, 0.5) is 5.69 Å². The van der Waals surface area contributed by atoms with Crippen LogP contribution in [0.3, 0.4) is 0 Å². The van der Waals surface area contributed by atoms with Gasteiger partial charge in [0.25, 0.3) is 0 Å². The number of anilines is 1. The van der Waals surface area contributed by atoms with E-state index in [0.29, 0.717) is 18.9 Å². The first-order valence-electron chi connectivity index (χ1n) is 6.24. The lowest BCUT2D eigenvalue weighted by atomic mass is 10.3. The number of nitrogen functional groups attached to an aromatic ring is 1. The van der Waals surface area contributed by atoms with Crippen LogP contribution >= 0.6 is 0 Å². The van der Waals surface area contributed by atoms with Gasteiger partial charge in [0.1, 0.15) is 0 Å². The fourth-order valence-corrected chi connectivity index (χ4v) is 2.42. The molecule has 114 valence electrons. The lowest BCUT2D eigenvalue weighted by Gasteiger charge is -2.10. The zero-order chi connectivity index (χ0) is 15.0. The van der Waals surface area contributed by atoms with Gasteiger partial charge < -0.3 is 15.1 Å². The van der Waals surface area contributed by atoms with Crippen LogP contribution < -0.4 is 16.0 Å². The normalized spacial score (nSPS) is 11.8. The molecule has 0 aliphatic heterocycles. The number of nitrogens with two attached hydrogens (primary N) is 1. The van der Waals surface area contributed by atoms with Crippen molar-refractivity contribution in [1.29, 1.82) is 0 Å². The number of sulfonamides is 1. The summed E-state index contributed by atoms with van der Waals surface area (Å²) in [5.41, 5.74) is 3.09. The Hall–Kier alpha value is -1.19. The summed E-state index contributed by atoms with van der Waals surface area (Å²) in [7, 11) is 0.403. The predicted molar refractivity (Wildman–Crippen MR) is 78.8 cm³/mol. The van der Waals surface area contributed by atoms with Crippen molar-refractivity contribution < 1.29 is 13.2 Å². The van der Waals surface area contributed by atoms with E-state index in [1.54, 1.807) is 12.1 Å². The number of hydrogen-bond donors (Lipinski definition) is 3. The van der Waals surface area contributed by atoms with Gasteiger partial charge in [-0.1, -0.05) is 0 Å². The molecule has 0 heterocycles. The molecule has 0 aliphatic carbocycles. The number of rotatable bonds is 9. The Bertz CT molecular complexity index is 488. The van der Waals surface area contributed by atoms with Crippen molar-refractivity contribution in [2.75, 3.05) is 45.8 Å². The van der Waals surface area contributed by atoms with E-state index in [1.807, 2.05) is 19.0 Å². The van der Waals surface area contributed by atoms with Crippen molar-refractivity contribution in [3.05, 3.63) is 24.3 Å². The van der Waals surface area contributed by atoms with E-state index >= 15 is 0 Å². The van der Waals surface area contributed by atoms with E-state index in [2.05, 4.69) is 10.1 Å². The Morgan fingerprint density at radius 3 is 2.40 bits per heavy atom. The van der Waals surface area contributed by atoms with Crippen LogP contribution in [-0.2, 0) is 14.8 Å². The van der Waals surface area contributed by atoms with Crippen molar-refractivity contribution in [1.82, 2.24) is 9.62 Å². The second-order valence-electron chi connectivity index (χ2n) is 4.48. The number of nitrogens with zero attached hydrogens (tertiary/aromatic N) is 1. The summed E-state index contributed by atoms with van der Waals surface area (Å²) in [6.07, 6.45) is 0. The molecule has 0 fully saturated rings. The second-order valence-corrected chi connectivity index (χ2v) is 6.25. The molecule has 0 amide bonds. The SMILES string of the molecule is CN(C)CCOCCNS(=O)(=O)c1ccc(NN)cc1. The first kappa shape index (κ1) is 16.9. The quantitative estimate of drug-likeness (QED) is 0.333. The van der Waals surface area contributed by atoms with E-state index in [-0.39, 0.29) is 11.4 Å². The molecule has 0 atom stereocenters. The van der Waals surface area contributed by atoms with Gasteiger partial charge in [0.2, 0.25) is 10.0 Å². The highest BCUT2D eigenvalue weighted by atomic mass is 32.2. The van der Waals surface area contributed by atoms with Crippen LogP contribution in [0.5, 0.6) is 0 Å². The van der Waals surface area contributed by atoms with Crippen molar-refractivity contribution in [2.45, 2.75) is 4.90 Å². The average Bonchev–Trinajstić information content (AvgIpc) is 2.42. The van der Waals surface area contributed by atoms with E-state index in [9.17, 15) is 8.42 Å². The molecule has 0 bridgehead atoms. The summed E-state index contributed by atoms with van der Waals surface area (Å²) in [6.45, 7) is 1.97. The maximum absolute atomic E-state index is 11.9. The number of likely N-dealkylation sites (N-methyl/N-ethyl adjacent to an activating group) is 1. The van der Waals surface area contributed by atoms with Crippen LogP contribution in [0.15, 0.2) is 29.2 Å². The van der Waals surface area contributed by atoms with Crippen LogP contribution in [0.1, 0.15) is 0 Å². The van der Waals surface area contributed by atoms with Gasteiger partial charge in [0.05, 0.1) is 18.1 Å². The fraction of sp³-hybridized carbons (Fsp3) is 0.500. The molecule has 4 N–H and O–H groups in total. The molecular weight excluding hydrogens is 280 g/mol. The molecule has 1 aromatic carbocycles. The van der Waals surface area contributed by atoms with Gasteiger partial charge in [-0.15, -0.1) is 0 Å². The first-order valence-corrected chi connectivity index (χ1v) is 7.73. The lowest BCUT2D eigenvalue weighted by molar-refractivity contribution is 0.122. The van der Waals surface area contributed by atoms with Crippen LogP contribution in [0.2, 0.25) is 0 Å². The third kappa shape index (κ3) is 5.85. The van der Waals surface area contributed by atoms with Crippen LogP contribution in [-0.4, -0.2) is 53.7 Å². The molecule has 0 aromatic heterocycles. The molecular formula is C12H22N4O3S. The van der Waals surface area contributed by atoms with Gasteiger partial charge in [-0.3, -0.25) is 5.84 Å². The van der Waals surface area contributed by atoms with Crippen molar-refractivity contribution in [3.63, 3.8) is 0 Å². The zero-order valence-corrected chi connectivity index (χ0v) is 12.6. The van der Waals surface area contributed by atoms with Crippen LogP contribution in [0.25, 0.3) is 0 Å². The van der Waals surface area contributed by atoms with Gasteiger partial charge in [-0.25, -0.2) is 13.1 Å². The summed E-state index contributed by atoms with van der Waals surface area (Å²) in [5, 5.41) is 0. The highest BCUT2D eigenvalue weighted by Crippen LogP contribution is 2.12. The second kappa shape index (κ2) is 8.18. The molecule has 1 aromatic rings. The Balaban J connectivity index is 2.37. The number of benzene rings is 1. The molecule has 0 saturated carbocycles. The molecule has 0 unspecified atom stereocenters. The Morgan fingerprint density at radius 2 is 1.85 bits per heavy atom. The molecule has 0 radical (unpaired) electrons. The maximum atomic E-state index is 11.9. The standard InChI is InChI=1S/C12H22N4O3S/c1-16(2)8-10-19-9-7-14-20(17,18)12-5-3-11(15-13)4-6-12/h3-6,14-15H,7-10,13H2,1-2H3. The molecule has 7 nitrogen and oxygen atoms in total. The smallest absolute Gasteiger partial charge is 0.240 e. The van der Waals surface area contributed by atoms with E-state index in [0.717, 1.165) is 6.54 Å². The summed E-state index contributed by atoms with van der Waals surface area (Å²) in [6, 6.07) is 6.18.